The van der Waals surface area contributed by atoms with E-state index in [9.17, 15) is 9.90 Å². The summed E-state index contributed by atoms with van der Waals surface area (Å²) in [6.45, 7) is 3.43. The molecule has 4 heteroatoms. The summed E-state index contributed by atoms with van der Waals surface area (Å²) < 4.78 is 5.93. The average Bonchev–Trinajstić information content (AvgIpc) is 2.83. The van der Waals surface area contributed by atoms with Gasteiger partial charge in [0.25, 0.3) is 0 Å². The topological polar surface area (TPSA) is 58.6 Å². The smallest absolute Gasteiger partial charge is 0.191 e. The number of hydrogen-bond donors (Lipinski definition) is 2. The van der Waals surface area contributed by atoms with Crippen molar-refractivity contribution >= 4 is 5.78 Å². The zero-order chi connectivity index (χ0) is 21.9. The second-order valence-corrected chi connectivity index (χ2v) is 7.87. The summed E-state index contributed by atoms with van der Waals surface area (Å²) in [5.74, 6) is 0.280. The Kier molecular flexibility index (Phi) is 8.98. The van der Waals surface area contributed by atoms with Gasteiger partial charge in [-0.2, -0.15) is 0 Å². The number of aliphatic hydroxyl groups is 1. The summed E-state index contributed by atoms with van der Waals surface area (Å²) in [6, 6.07) is 29.3. The third-order valence-electron chi connectivity index (χ3n) is 5.30. The number of rotatable bonds is 12. The third-order valence-corrected chi connectivity index (χ3v) is 5.30. The third kappa shape index (κ3) is 7.44. The second kappa shape index (κ2) is 12.2. The van der Waals surface area contributed by atoms with Crippen molar-refractivity contribution in [3.63, 3.8) is 0 Å². The van der Waals surface area contributed by atoms with Gasteiger partial charge in [0.1, 0.15) is 6.10 Å². The normalized spacial score (nSPS) is 14.0. The number of carbonyl (C=O) groups excluding carboxylic acids is 1. The van der Waals surface area contributed by atoms with Gasteiger partial charge in [0.05, 0.1) is 12.7 Å². The molecule has 0 bridgehead atoms. The number of ether oxygens (including phenoxy) is 1. The van der Waals surface area contributed by atoms with Gasteiger partial charge in [-0.25, -0.2) is 0 Å². The minimum Gasteiger partial charge on any atom is -0.389 e. The van der Waals surface area contributed by atoms with E-state index in [-0.39, 0.29) is 12.4 Å². The molecule has 0 aromatic heterocycles. The summed E-state index contributed by atoms with van der Waals surface area (Å²) in [4.78, 5) is 13.0. The van der Waals surface area contributed by atoms with Crippen LogP contribution in [0.25, 0.3) is 0 Å². The van der Waals surface area contributed by atoms with Gasteiger partial charge in [-0.3, -0.25) is 4.79 Å². The molecule has 0 spiro atoms. The molecule has 0 fully saturated rings. The molecular formula is C27H31NO3. The molecule has 3 atom stereocenters. The average molecular weight is 418 g/mol. The Hall–Kier alpha value is -2.79. The second-order valence-electron chi connectivity index (χ2n) is 7.87. The van der Waals surface area contributed by atoms with Crippen molar-refractivity contribution < 1.29 is 14.6 Å². The van der Waals surface area contributed by atoms with Crippen LogP contribution in [0.5, 0.6) is 0 Å². The van der Waals surface area contributed by atoms with E-state index in [0.717, 1.165) is 12.1 Å². The fourth-order valence-electron chi connectivity index (χ4n) is 3.50. The van der Waals surface area contributed by atoms with Gasteiger partial charge in [-0.05, 0) is 17.0 Å². The van der Waals surface area contributed by atoms with Crippen molar-refractivity contribution in [1.29, 1.82) is 0 Å². The highest BCUT2D eigenvalue weighted by Crippen LogP contribution is 2.14. The predicted molar refractivity (Wildman–Crippen MR) is 124 cm³/mol. The summed E-state index contributed by atoms with van der Waals surface area (Å²) >= 11 is 0. The quantitative estimate of drug-likeness (QED) is 0.433. The zero-order valence-corrected chi connectivity index (χ0v) is 18.0. The molecular weight excluding hydrogens is 386 g/mol. The van der Waals surface area contributed by atoms with Gasteiger partial charge in [-0.1, -0.05) is 97.9 Å². The van der Waals surface area contributed by atoms with Crippen LogP contribution >= 0.6 is 0 Å². The van der Waals surface area contributed by atoms with Crippen molar-refractivity contribution in [3.05, 3.63) is 108 Å². The van der Waals surface area contributed by atoms with E-state index in [0.29, 0.717) is 24.4 Å². The molecule has 0 saturated heterocycles. The first-order valence-electron chi connectivity index (χ1n) is 10.8. The van der Waals surface area contributed by atoms with E-state index < -0.39 is 12.2 Å². The van der Waals surface area contributed by atoms with Crippen LogP contribution < -0.4 is 5.32 Å². The van der Waals surface area contributed by atoms with Crippen molar-refractivity contribution in [1.82, 2.24) is 5.32 Å². The molecule has 3 rings (SSSR count). The fourth-order valence-corrected chi connectivity index (χ4v) is 3.50. The molecule has 0 radical (unpaired) electrons. The Morgan fingerprint density at radius 2 is 1.45 bits per heavy atom. The lowest BCUT2D eigenvalue weighted by molar-refractivity contribution is -0.00170. The number of aliphatic hydroxyl groups excluding tert-OH is 1. The Morgan fingerprint density at radius 1 is 0.871 bits per heavy atom. The molecule has 0 aliphatic heterocycles. The Morgan fingerprint density at radius 3 is 2.10 bits per heavy atom. The fraction of sp³-hybridized carbons (Fsp3) is 0.296. The van der Waals surface area contributed by atoms with Gasteiger partial charge in [0.2, 0.25) is 0 Å². The Balaban J connectivity index is 1.52. The maximum atomic E-state index is 13.0. The lowest BCUT2D eigenvalue weighted by Gasteiger charge is -2.20. The van der Waals surface area contributed by atoms with Crippen molar-refractivity contribution in [2.75, 3.05) is 19.7 Å². The number of carbonyl (C=O) groups is 1. The summed E-state index contributed by atoms with van der Waals surface area (Å²) in [5, 5.41) is 13.7. The maximum Gasteiger partial charge on any atom is 0.191 e. The Labute approximate surface area is 184 Å². The predicted octanol–water partition coefficient (Wildman–Crippen LogP) is 4.25. The van der Waals surface area contributed by atoms with Gasteiger partial charge >= 0.3 is 0 Å². The van der Waals surface area contributed by atoms with Crippen LogP contribution in [0.2, 0.25) is 0 Å². The first-order valence-corrected chi connectivity index (χ1v) is 10.8. The van der Waals surface area contributed by atoms with E-state index in [1.807, 2.05) is 66.7 Å². The molecule has 0 aliphatic carbocycles. The van der Waals surface area contributed by atoms with Crippen LogP contribution in [-0.4, -0.2) is 42.8 Å². The highest BCUT2D eigenvalue weighted by Gasteiger charge is 2.22. The van der Waals surface area contributed by atoms with Crippen LogP contribution in [0.1, 0.15) is 34.3 Å². The monoisotopic (exact) mass is 417 g/mol. The minimum atomic E-state index is -0.690. The zero-order valence-electron chi connectivity index (χ0n) is 18.0. The van der Waals surface area contributed by atoms with E-state index in [1.165, 1.54) is 5.56 Å². The summed E-state index contributed by atoms with van der Waals surface area (Å²) in [6.07, 6.45) is -0.854. The molecule has 31 heavy (non-hydrogen) atoms. The highest BCUT2D eigenvalue weighted by molar-refractivity contribution is 5.99. The van der Waals surface area contributed by atoms with E-state index in [4.69, 9.17) is 4.74 Å². The first-order chi connectivity index (χ1) is 15.1. The van der Waals surface area contributed by atoms with E-state index in [1.54, 1.807) is 12.1 Å². The SMILES string of the molecule is CC(CNCC(O)COC(Cc1ccccc1)C(=O)c1ccccc1)c1ccccc1. The molecule has 162 valence electrons. The van der Waals surface area contributed by atoms with Crippen molar-refractivity contribution in [2.24, 2.45) is 0 Å². The number of ketones is 1. The molecule has 0 heterocycles. The van der Waals surface area contributed by atoms with Gasteiger partial charge in [0, 0.05) is 25.1 Å². The lowest BCUT2D eigenvalue weighted by atomic mass is 10.00. The van der Waals surface area contributed by atoms with Gasteiger partial charge in [-0.15, -0.1) is 0 Å². The van der Waals surface area contributed by atoms with Crippen molar-refractivity contribution in [3.8, 4) is 0 Å². The van der Waals surface area contributed by atoms with Gasteiger partial charge < -0.3 is 15.2 Å². The minimum absolute atomic E-state index is 0.0673. The first kappa shape index (κ1) is 22.9. The molecule has 3 aromatic carbocycles. The number of benzene rings is 3. The van der Waals surface area contributed by atoms with Crippen LogP contribution in [0.3, 0.4) is 0 Å². The van der Waals surface area contributed by atoms with Gasteiger partial charge in [0.15, 0.2) is 5.78 Å². The number of Topliss-reactive ketones (excluding diaryl/α,β-unsaturated/α-hetero) is 1. The van der Waals surface area contributed by atoms with E-state index >= 15 is 0 Å². The van der Waals surface area contributed by atoms with Crippen LogP contribution in [0.4, 0.5) is 0 Å². The number of nitrogens with one attached hydrogen (secondary N) is 1. The van der Waals surface area contributed by atoms with E-state index in [2.05, 4.69) is 24.4 Å². The lowest BCUT2D eigenvalue weighted by Crippen LogP contribution is -2.36. The highest BCUT2D eigenvalue weighted by atomic mass is 16.5. The summed E-state index contributed by atoms with van der Waals surface area (Å²) in [5.41, 5.74) is 2.91. The van der Waals surface area contributed by atoms with Crippen LogP contribution in [0.15, 0.2) is 91.0 Å². The molecule has 3 unspecified atom stereocenters. The van der Waals surface area contributed by atoms with Crippen molar-refractivity contribution in [2.45, 2.75) is 31.5 Å². The molecule has 0 aliphatic rings. The summed E-state index contributed by atoms with van der Waals surface area (Å²) in [7, 11) is 0. The molecule has 2 N–H and O–H groups in total. The largest absolute Gasteiger partial charge is 0.389 e. The Bertz CT molecular complexity index is 900. The molecule has 0 saturated carbocycles. The van der Waals surface area contributed by atoms with Crippen LogP contribution in [0, 0.1) is 0 Å². The maximum absolute atomic E-state index is 13.0. The molecule has 3 aromatic rings. The number of hydrogen-bond acceptors (Lipinski definition) is 4. The van der Waals surface area contributed by atoms with Crippen LogP contribution in [-0.2, 0) is 11.2 Å². The molecule has 4 nitrogen and oxygen atoms in total. The standard InChI is InChI=1S/C27H31NO3/c1-21(23-13-7-3-8-14-23)18-28-19-25(29)20-31-26(17-22-11-5-2-6-12-22)27(30)24-15-9-4-10-16-24/h2-16,21,25-26,28-29H,17-20H2,1H3. The molecule has 0 amide bonds.